The summed E-state index contributed by atoms with van der Waals surface area (Å²) in [4.78, 5) is 27.6. The zero-order valence-electron chi connectivity index (χ0n) is 22.4. The number of carboxylic acids is 1. The third-order valence-electron chi connectivity index (χ3n) is 7.56. The Bertz CT molecular complexity index is 1460. The molecule has 212 valence electrons. The number of benzene rings is 2. The normalized spacial score (nSPS) is 22.4. The average molecular weight is 578 g/mol. The Balaban J connectivity index is 1.62. The number of anilines is 2. The molecule has 1 saturated heterocycles. The maximum atomic E-state index is 15.2. The number of halogens is 4. The van der Waals surface area contributed by atoms with Gasteiger partial charge in [-0.1, -0.05) is 20.8 Å². The van der Waals surface area contributed by atoms with E-state index in [2.05, 4.69) is 0 Å². The first-order chi connectivity index (χ1) is 18.4. The topological polar surface area (TPSA) is 93.9 Å². The smallest absolute Gasteiger partial charge is 0.417 e. The third-order valence-corrected chi connectivity index (χ3v) is 7.93. The van der Waals surface area contributed by atoms with E-state index < -0.39 is 46.0 Å². The molecule has 2 aromatic carbocycles. The fourth-order valence-corrected chi connectivity index (χ4v) is 5.83. The standard InChI is InChI=1S/C28H27F4N3O4S/c1-25(2,3)21-12-27(21,23(37)38)14-39-20-9-8-17(11-19(20)29)35-24(40)34(22(36)26(35,4)5)16-7-6-15(13-33)18(10-16)28(30,31)32/h6-11,21H,12,14H2,1-5H3,(H,37,38). The van der Waals surface area contributed by atoms with Crippen LogP contribution in [0.1, 0.15) is 52.2 Å². The Morgan fingerprint density at radius 1 is 1.18 bits per heavy atom. The van der Waals surface area contributed by atoms with Crippen molar-refractivity contribution in [2.45, 2.75) is 52.8 Å². The number of nitrogens with zero attached hydrogens (tertiary/aromatic N) is 3. The van der Waals surface area contributed by atoms with Crippen LogP contribution in [0.5, 0.6) is 5.75 Å². The van der Waals surface area contributed by atoms with Gasteiger partial charge in [-0.05, 0) is 74.2 Å². The second-order valence-corrected chi connectivity index (χ2v) is 12.0. The summed E-state index contributed by atoms with van der Waals surface area (Å²) in [6, 6.07) is 8.13. The zero-order chi connectivity index (χ0) is 30.0. The van der Waals surface area contributed by atoms with Gasteiger partial charge < -0.3 is 14.7 Å². The van der Waals surface area contributed by atoms with Crippen LogP contribution in [0.4, 0.5) is 28.9 Å². The fourth-order valence-electron chi connectivity index (χ4n) is 5.31. The minimum absolute atomic E-state index is 0.139. The van der Waals surface area contributed by atoms with Gasteiger partial charge in [-0.15, -0.1) is 0 Å². The lowest BCUT2D eigenvalue weighted by molar-refractivity contribution is -0.146. The zero-order valence-corrected chi connectivity index (χ0v) is 23.2. The predicted octanol–water partition coefficient (Wildman–Crippen LogP) is 6.15. The summed E-state index contributed by atoms with van der Waals surface area (Å²) in [7, 11) is 0. The molecule has 0 radical (unpaired) electrons. The Labute approximate surface area is 233 Å². The van der Waals surface area contributed by atoms with Crippen LogP contribution < -0.4 is 14.5 Å². The molecule has 2 atom stereocenters. The average Bonchev–Trinajstić information content (AvgIpc) is 3.56. The van der Waals surface area contributed by atoms with Gasteiger partial charge in [-0.3, -0.25) is 14.5 Å². The molecular weight excluding hydrogens is 550 g/mol. The van der Waals surface area contributed by atoms with E-state index in [0.29, 0.717) is 12.5 Å². The van der Waals surface area contributed by atoms with Crippen molar-refractivity contribution < 1.29 is 37.0 Å². The number of amides is 1. The highest BCUT2D eigenvalue weighted by molar-refractivity contribution is 7.81. The van der Waals surface area contributed by atoms with Gasteiger partial charge in [0.1, 0.15) is 17.6 Å². The molecule has 0 spiro atoms. The molecule has 0 aromatic heterocycles. The largest absolute Gasteiger partial charge is 0.489 e. The molecule has 1 saturated carbocycles. The first-order valence-corrected chi connectivity index (χ1v) is 12.7. The van der Waals surface area contributed by atoms with Gasteiger partial charge in [0, 0.05) is 11.8 Å². The molecule has 1 amide bonds. The maximum absolute atomic E-state index is 15.2. The number of alkyl halides is 3. The van der Waals surface area contributed by atoms with Crippen LogP contribution in [0.15, 0.2) is 36.4 Å². The van der Waals surface area contributed by atoms with Crippen molar-refractivity contribution in [2.24, 2.45) is 16.7 Å². The fraction of sp³-hybridized carbons (Fsp3) is 0.429. The van der Waals surface area contributed by atoms with E-state index in [1.165, 1.54) is 43.0 Å². The van der Waals surface area contributed by atoms with E-state index in [0.717, 1.165) is 17.0 Å². The van der Waals surface area contributed by atoms with Crippen molar-refractivity contribution in [3.63, 3.8) is 0 Å². The molecule has 4 rings (SSSR count). The molecule has 1 N–H and O–H groups in total. The number of hydrogen-bond donors (Lipinski definition) is 1. The number of hydrogen-bond acceptors (Lipinski definition) is 5. The maximum Gasteiger partial charge on any atom is 0.417 e. The van der Waals surface area contributed by atoms with Crippen molar-refractivity contribution in [3.05, 3.63) is 53.3 Å². The minimum atomic E-state index is -4.84. The predicted molar refractivity (Wildman–Crippen MR) is 142 cm³/mol. The van der Waals surface area contributed by atoms with Crippen LogP contribution in [0.2, 0.25) is 0 Å². The molecule has 1 heterocycles. The number of rotatable bonds is 6. The first-order valence-electron chi connectivity index (χ1n) is 12.3. The lowest BCUT2D eigenvalue weighted by atomic mass is 9.85. The van der Waals surface area contributed by atoms with E-state index in [9.17, 15) is 27.9 Å². The first kappa shape index (κ1) is 29.3. The molecule has 2 aromatic rings. The van der Waals surface area contributed by atoms with E-state index in [1.807, 2.05) is 20.8 Å². The summed E-state index contributed by atoms with van der Waals surface area (Å²) in [6.45, 7) is 8.57. The van der Waals surface area contributed by atoms with Crippen molar-refractivity contribution in [1.82, 2.24) is 0 Å². The highest BCUT2D eigenvalue weighted by Crippen LogP contribution is 2.61. The number of aliphatic carboxylic acids is 1. The van der Waals surface area contributed by atoms with Crippen molar-refractivity contribution in [2.75, 3.05) is 16.4 Å². The Hall–Kier alpha value is -3.72. The third kappa shape index (κ3) is 4.76. The monoisotopic (exact) mass is 577 g/mol. The van der Waals surface area contributed by atoms with Gasteiger partial charge in [-0.25, -0.2) is 4.39 Å². The molecule has 0 bridgehead atoms. The van der Waals surface area contributed by atoms with Crippen molar-refractivity contribution in [3.8, 4) is 11.8 Å². The number of thiocarbonyl (C=S) groups is 1. The number of ether oxygens (including phenoxy) is 1. The van der Waals surface area contributed by atoms with Crippen LogP contribution in [0.25, 0.3) is 0 Å². The second-order valence-electron chi connectivity index (χ2n) is 11.6. The molecule has 1 aliphatic heterocycles. The summed E-state index contributed by atoms with van der Waals surface area (Å²) < 4.78 is 61.5. The second kappa shape index (κ2) is 9.44. The lowest BCUT2D eigenvalue weighted by Gasteiger charge is -2.29. The van der Waals surface area contributed by atoms with Crippen LogP contribution in [0.3, 0.4) is 0 Å². The van der Waals surface area contributed by atoms with Crippen LogP contribution in [-0.2, 0) is 15.8 Å². The van der Waals surface area contributed by atoms with Crippen LogP contribution in [-0.4, -0.2) is 34.2 Å². The molecule has 2 fully saturated rings. The molecule has 2 aliphatic rings. The van der Waals surface area contributed by atoms with Gasteiger partial charge in [0.2, 0.25) is 0 Å². The molecular formula is C28H27F4N3O4S. The summed E-state index contributed by atoms with van der Waals surface area (Å²) in [5, 5.41) is 18.7. The SMILES string of the molecule is CC(C)(C)C1CC1(COc1ccc(N2C(=S)N(c3ccc(C#N)c(C(F)(F)F)c3)C(=O)C2(C)C)cc1F)C(=O)O. The highest BCUT2D eigenvalue weighted by Gasteiger charge is 2.65. The van der Waals surface area contributed by atoms with Crippen molar-refractivity contribution >= 4 is 40.6 Å². The number of carboxylic acid groups (broad SMARTS) is 1. The van der Waals surface area contributed by atoms with E-state index in [4.69, 9.17) is 22.2 Å². The number of nitriles is 1. The molecule has 12 heteroatoms. The molecule has 2 unspecified atom stereocenters. The van der Waals surface area contributed by atoms with E-state index >= 15 is 4.39 Å². The van der Waals surface area contributed by atoms with Gasteiger partial charge >= 0.3 is 12.1 Å². The summed E-state index contributed by atoms with van der Waals surface area (Å²) in [5.74, 6) is -2.81. The van der Waals surface area contributed by atoms with Gasteiger partial charge in [0.15, 0.2) is 16.7 Å². The molecule has 40 heavy (non-hydrogen) atoms. The molecule has 1 aliphatic carbocycles. The van der Waals surface area contributed by atoms with Gasteiger partial charge in [0.05, 0.1) is 22.9 Å². The van der Waals surface area contributed by atoms with Crippen LogP contribution >= 0.6 is 12.2 Å². The van der Waals surface area contributed by atoms with E-state index in [1.54, 1.807) is 0 Å². The molecule has 7 nitrogen and oxygen atoms in total. The van der Waals surface area contributed by atoms with Crippen molar-refractivity contribution in [1.29, 1.82) is 5.26 Å². The lowest BCUT2D eigenvalue weighted by Crippen LogP contribution is -2.44. The summed E-state index contributed by atoms with van der Waals surface area (Å²) in [5.41, 5.74) is -4.65. The quantitative estimate of drug-likeness (QED) is 0.325. The summed E-state index contributed by atoms with van der Waals surface area (Å²) in [6.07, 6.45) is -4.43. The Kier molecular flexibility index (Phi) is 6.91. The summed E-state index contributed by atoms with van der Waals surface area (Å²) >= 11 is 5.48. The Morgan fingerprint density at radius 3 is 2.30 bits per heavy atom. The van der Waals surface area contributed by atoms with Crippen LogP contribution in [0, 0.1) is 33.9 Å². The van der Waals surface area contributed by atoms with E-state index in [-0.39, 0.29) is 40.2 Å². The highest BCUT2D eigenvalue weighted by atomic mass is 32.1. The van der Waals surface area contributed by atoms with Gasteiger partial charge in [-0.2, -0.15) is 18.4 Å². The number of carbonyl (C=O) groups is 2. The number of carbonyl (C=O) groups excluding carboxylic acids is 1. The minimum Gasteiger partial charge on any atom is -0.489 e. The van der Waals surface area contributed by atoms with Gasteiger partial charge in [0.25, 0.3) is 5.91 Å². The Morgan fingerprint density at radius 2 is 1.80 bits per heavy atom.